The van der Waals surface area contributed by atoms with Gasteiger partial charge in [-0.1, -0.05) is 42.5 Å². The molecule has 0 N–H and O–H groups in total. The third kappa shape index (κ3) is 4.15. The Bertz CT molecular complexity index is 301. The predicted molar refractivity (Wildman–Crippen MR) is 61.3 cm³/mol. The second kappa shape index (κ2) is 6.28. The molecule has 1 rings (SSSR count). The first-order valence-electron chi connectivity index (χ1n) is 4.47. The van der Waals surface area contributed by atoms with E-state index in [0.29, 0.717) is 6.61 Å². The van der Waals surface area contributed by atoms with Crippen LogP contribution in [0.1, 0.15) is 12.0 Å². The van der Waals surface area contributed by atoms with E-state index in [2.05, 4.69) is 12.7 Å². The Balaban J connectivity index is 2.36. The fourth-order valence-corrected chi connectivity index (χ4v) is 1.14. The first-order valence-corrected chi connectivity index (χ1v) is 4.85. The highest BCUT2D eigenvalue weighted by Crippen LogP contribution is 2.10. The van der Waals surface area contributed by atoms with Gasteiger partial charge in [-0.3, -0.25) is 0 Å². The Hall–Kier alpha value is -1.21. The van der Waals surface area contributed by atoms with Crippen LogP contribution in [0.2, 0.25) is 5.02 Å². The zero-order valence-corrected chi connectivity index (χ0v) is 8.70. The molecule has 0 spiro atoms. The maximum absolute atomic E-state index is 5.76. The number of hydrogen-bond donors (Lipinski definition) is 0. The molecule has 0 aromatic heterocycles. The van der Waals surface area contributed by atoms with Crippen molar-refractivity contribution in [2.75, 3.05) is 6.61 Å². The Morgan fingerprint density at radius 2 is 2.00 bits per heavy atom. The first-order chi connectivity index (χ1) is 6.83. The molecule has 0 aliphatic carbocycles. The van der Waals surface area contributed by atoms with Crippen LogP contribution in [-0.2, 0) is 4.74 Å². The Morgan fingerprint density at radius 1 is 1.29 bits per heavy atom. The number of rotatable bonds is 5. The molecule has 1 nitrogen and oxygen atoms in total. The molecule has 0 saturated carbocycles. The van der Waals surface area contributed by atoms with E-state index in [1.54, 1.807) is 0 Å². The van der Waals surface area contributed by atoms with Crippen LogP contribution < -0.4 is 0 Å². The van der Waals surface area contributed by atoms with E-state index in [0.717, 1.165) is 17.0 Å². The van der Waals surface area contributed by atoms with Crippen molar-refractivity contribution in [2.24, 2.45) is 0 Å². The summed E-state index contributed by atoms with van der Waals surface area (Å²) in [6, 6.07) is 7.71. The molecule has 2 heteroatoms. The molecule has 0 radical (unpaired) electrons. The molecule has 14 heavy (non-hydrogen) atoms. The number of benzene rings is 1. The monoisotopic (exact) mass is 208 g/mol. The molecule has 0 atom stereocenters. The molecule has 0 bridgehead atoms. The van der Waals surface area contributed by atoms with Crippen molar-refractivity contribution in [3.63, 3.8) is 0 Å². The van der Waals surface area contributed by atoms with E-state index in [1.165, 1.54) is 6.26 Å². The van der Waals surface area contributed by atoms with E-state index >= 15 is 0 Å². The quantitative estimate of drug-likeness (QED) is 0.527. The molecule has 1 aromatic rings. The fourth-order valence-electron chi connectivity index (χ4n) is 1.01. The van der Waals surface area contributed by atoms with Gasteiger partial charge >= 0.3 is 0 Å². The van der Waals surface area contributed by atoms with Gasteiger partial charge in [0.25, 0.3) is 0 Å². The summed E-state index contributed by atoms with van der Waals surface area (Å²) in [6.45, 7) is 4.14. The minimum atomic E-state index is 0.674. The average molecular weight is 209 g/mol. The van der Waals surface area contributed by atoms with Crippen molar-refractivity contribution in [3.05, 3.63) is 53.8 Å². The van der Waals surface area contributed by atoms with Gasteiger partial charge < -0.3 is 4.74 Å². The van der Waals surface area contributed by atoms with E-state index in [1.807, 2.05) is 30.3 Å². The standard InChI is InChI=1S/C12H13ClO/c1-2-14-10-4-3-5-11-6-8-12(13)9-7-11/h2-3,5-9H,1,4,10H2/b5-3+. The highest BCUT2D eigenvalue weighted by molar-refractivity contribution is 6.30. The van der Waals surface area contributed by atoms with Crippen LogP contribution in [0.25, 0.3) is 6.08 Å². The minimum absolute atomic E-state index is 0.674. The lowest BCUT2D eigenvalue weighted by Crippen LogP contribution is -1.82. The third-order valence-corrected chi connectivity index (χ3v) is 1.95. The van der Waals surface area contributed by atoms with Crippen molar-refractivity contribution in [2.45, 2.75) is 6.42 Å². The highest BCUT2D eigenvalue weighted by Gasteiger charge is 1.87. The first kappa shape index (κ1) is 10.9. The molecular formula is C12H13ClO. The maximum atomic E-state index is 5.76. The summed E-state index contributed by atoms with van der Waals surface area (Å²) in [4.78, 5) is 0. The summed E-state index contributed by atoms with van der Waals surface area (Å²) in [7, 11) is 0. The van der Waals surface area contributed by atoms with Gasteiger partial charge in [-0.2, -0.15) is 0 Å². The van der Waals surface area contributed by atoms with Crippen LogP contribution in [-0.4, -0.2) is 6.61 Å². The van der Waals surface area contributed by atoms with Gasteiger partial charge in [-0.15, -0.1) is 0 Å². The van der Waals surface area contributed by atoms with Crippen molar-refractivity contribution >= 4 is 17.7 Å². The summed E-state index contributed by atoms with van der Waals surface area (Å²) in [5, 5.41) is 0.761. The van der Waals surface area contributed by atoms with Crippen molar-refractivity contribution in [1.82, 2.24) is 0 Å². The van der Waals surface area contributed by atoms with E-state index in [4.69, 9.17) is 16.3 Å². The van der Waals surface area contributed by atoms with Crippen molar-refractivity contribution < 1.29 is 4.74 Å². The van der Waals surface area contributed by atoms with E-state index in [9.17, 15) is 0 Å². The Morgan fingerprint density at radius 3 is 2.64 bits per heavy atom. The van der Waals surface area contributed by atoms with Crippen LogP contribution in [0.4, 0.5) is 0 Å². The Kier molecular flexibility index (Phi) is 4.87. The van der Waals surface area contributed by atoms with Gasteiger partial charge in [0.2, 0.25) is 0 Å². The molecule has 74 valence electrons. The van der Waals surface area contributed by atoms with E-state index < -0.39 is 0 Å². The van der Waals surface area contributed by atoms with Gasteiger partial charge in [0.05, 0.1) is 12.9 Å². The normalized spacial score (nSPS) is 10.4. The lowest BCUT2D eigenvalue weighted by Gasteiger charge is -1.95. The topological polar surface area (TPSA) is 9.23 Å². The molecule has 0 heterocycles. The molecule has 0 amide bonds. The second-order valence-corrected chi connectivity index (χ2v) is 3.22. The van der Waals surface area contributed by atoms with E-state index in [-0.39, 0.29) is 0 Å². The highest BCUT2D eigenvalue weighted by atomic mass is 35.5. The van der Waals surface area contributed by atoms with Gasteiger partial charge in [0, 0.05) is 5.02 Å². The zero-order chi connectivity index (χ0) is 10.2. The Labute approximate surface area is 89.7 Å². The molecule has 1 aromatic carbocycles. The molecule has 0 unspecified atom stereocenters. The van der Waals surface area contributed by atoms with Gasteiger partial charge in [0.1, 0.15) is 0 Å². The van der Waals surface area contributed by atoms with Crippen molar-refractivity contribution in [1.29, 1.82) is 0 Å². The zero-order valence-electron chi connectivity index (χ0n) is 7.95. The predicted octanol–water partition coefficient (Wildman–Crippen LogP) is 3.90. The summed E-state index contributed by atoms with van der Waals surface area (Å²) in [5.41, 5.74) is 1.15. The third-order valence-electron chi connectivity index (χ3n) is 1.70. The largest absolute Gasteiger partial charge is 0.501 e. The van der Waals surface area contributed by atoms with Crippen molar-refractivity contribution in [3.8, 4) is 0 Å². The summed E-state index contributed by atoms with van der Waals surface area (Å²) < 4.78 is 4.98. The minimum Gasteiger partial charge on any atom is -0.501 e. The summed E-state index contributed by atoms with van der Waals surface area (Å²) >= 11 is 5.76. The number of halogens is 1. The number of ether oxygens (including phenoxy) is 1. The van der Waals surface area contributed by atoms with Crippen LogP contribution in [0.3, 0.4) is 0 Å². The van der Waals surface area contributed by atoms with Crippen LogP contribution in [0.15, 0.2) is 43.2 Å². The molecule has 0 fully saturated rings. The lowest BCUT2D eigenvalue weighted by atomic mass is 10.2. The molecular weight excluding hydrogens is 196 g/mol. The fraction of sp³-hybridized carbons (Fsp3) is 0.167. The molecule has 0 aliphatic rings. The average Bonchev–Trinajstić information content (AvgIpc) is 2.21. The van der Waals surface area contributed by atoms with Gasteiger partial charge in [-0.25, -0.2) is 0 Å². The maximum Gasteiger partial charge on any atom is 0.0907 e. The lowest BCUT2D eigenvalue weighted by molar-refractivity contribution is 0.257. The summed E-state index contributed by atoms with van der Waals surface area (Å²) in [5.74, 6) is 0. The van der Waals surface area contributed by atoms with Crippen LogP contribution in [0, 0.1) is 0 Å². The SMILES string of the molecule is C=COCC/C=C/c1ccc(Cl)cc1. The summed E-state index contributed by atoms with van der Waals surface area (Å²) in [6.07, 6.45) is 6.44. The smallest absolute Gasteiger partial charge is 0.0907 e. The van der Waals surface area contributed by atoms with Gasteiger partial charge in [-0.05, 0) is 24.1 Å². The van der Waals surface area contributed by atoms with Crippen LogP contribution in [0.5, 0.6) is 0 Å². The number of hydrogen-bond acceptors (Lipinski definition) is 1. The second-order valence-electron chi connectivity index (χ2n) is 2.78. The van der Waals surface area contributed by atoms with Gasteiger partial charge in [0.15, 0.2) is 0 Å². The van der Waals surface area contributed by atoms with Crippen LogP contribution >= 0.6 is 11.6 Å². The molecule has 0 saturated heterocycles. The molecule has 0 aliphatic heterocycles.